The maximum atomic E-state index is 12.5. The highest BCUT2D eigenvalue weighted by molar-refractivity contribution is 5.71. The van der Waals surface area contributed by atoms with Crippen molar-refractivity contribution < 1.29 is 9.53 Å². The standard InChI is InChI=1S/C21H25NO2/c1-3-17(2)14-21(19-12-8-5-9-13-19)16-22(20(23)24-21)15-18-10-6-4-7-11-18/h4-13,17H,3,14-16H2,1-2H3. The summed E-state index contributed by atoms with van der Waals surface area (Å²) in [6, 6.07) is 20.3. The summed E-state index contributed by atoms with van der Waals surface area (Å²) in [4.78, 5) is 14.4. The van der Waals surface area contributed by atoms with E-state index in [1.165, 1.54) is 0 Å². The highest BCUT2D eigenvalue weighted by Crippen LogP contribution is 2.39. The van der Waals surface area contributed by atoms with Crippen molar-refractivity contribution in [2.75, 3.05) is 6.54 Å². The van der Waals surface area contributed by atoms with Crippen molar-refractivity contribution in [1.82, 2.24) is 4.90 Å². The Morgan fingerprint density at radius 2 is 1.71 bits per heavy atom. The van der Waals surface area contributed by atoms with Crippen molar-refractivity contribution in [1.29, 1.82) is 0 Å². The molecule has 2 aromatic carbocycles. The number of hydrogen-bond acceptors (Lipinski definition) is 2. The largest absolute Gasteiger partial charge is 0.436 e. The number of amides is 1. The summed E-state index contributed by atoms with van der Waals surface area (Å²) in [6.07, 6.45) is 1.71. The summed E-state index contributed by atoms with van der Waals surface area (Å²) in [5.74, 6) is 0.495. The Labute approximate surface area is 144 Å². The molecule has 0 N–H and O–H groups in total. The average molecular weight is 323 g/mol. The van der Waals surface area contributed by atoms with Gasteiger partial charge in [-0.25, -0.2) is 4.79 Å². The molecule has 24 heavy (non-hydrogen) atoms. The van der Waals surface area contributed by atoms with Crippen LogP contribution in [0.25, 0.3) is 0 Å². The lowest BCUT2D eigenvalue weighted by molar-refractivity contribution is 0.0340. The number of cyclic esters (lactones) is 1. The van der Waals surface area contributed by atoms with Gasteiger partial charge in [-0.05, 0) is 23.5 Å². The third-order valence-electron chi connectivity index (χ3n) is 4.88. The van der Waals surface area contributed by atoms with Gasteiger partial charge in [-0.3, -0.25) is 4.90 Å². The maximum Gasteiger partial charge on any atom is 0.411 e. The Kier molecular flexibility index (Phi) is 4.89. The van der Waals surface area contributed by atoms with E-state index >= 15 is 0 Å². The van der Waals surface area contributed by atoms with Crippen molar-refractivity contribution in [2.45, 2.75) is 38.8 Å². The molecule has 0 radical (unpaired) electrons. The van der Waals surface area contributed by atoms with E-state index in [1.54, 1.807) is 0 Å². The van der Waals surface area contributed by atoms with Crippen LogP contribution in [-0.2, 0) is 16.9 Å². The fraction of sp³-hybridized carbons (Fsp3) is 0.381. The minimum absolute atomic E-state index is 0.217. The van der Waals surface area contributed by atoms with Crippen LogP contribution in [0.5, 0.6) is 0 Å². The summed E-state index contributed by atoms with van der Waals surface area (Å²) >= 11 is 0. The van der Waals surface area contributed by atoms with Gasteiger partial charge in [0.1, 0.15) is 0 Å². The second-order valence-electron chi connectivity index (χ2n) is 6.79. The fourth-order valence-corrected chi connectivity index (χ4v) is 3.38. The maximum absolute atomic E-state index is 12.5. The van der Waals surface area contributed by atoms with Crippen LogP contribution in [0.3, 0.4) is 0 Å². The first-order valence-corrected chi connectivity index (χ1v) is 8.70. The van der Waals surface area contributed by atoms with Gasteiger partial charge in [0.25, 0.3) is 0 Å². The minimum Gasteiger partial charge on any atom is -0.436 e. The van der Waals surface area contributed by atoms with Crippen LogP contribution < -0.4 is 0 Å². The molecular formula is C21H25NO2. The van der Waals surface area contributed by atoms with Crippen molar-refractivity contribution >= 4 is 6.09 Å². The van der Waals surface area contributed by atoms with Crippen LogP contribution in [0.4, 0.5) is 4.79 Å². The number of hydrogen-bond donors (Lipinski definition) is 0. The number of nitrogens with zero attached hydrogens (tertiary/aromatic N) is 1. The van der Waals surface area contributed by atoms with Crippen LogP contribution in [0, 0.1) is 5.92 Å². The van der Waals surface area contributed by atoms with Gasteiger partial charge in [0.05, 0.1) is 6.54 Å². The third-order valence-corrected chi connectivity index (χ3v) is 4.88. The molecule has 3 nitrogen and oxygen atoms in total. The molecular weight excluding hydrogens is 298 g/mol. The minimum atomic E-state index is -0.539. The molecule has 0 aliphatic carbocycles. The number of rotatable bonds is 6. The zero-order valence-electron chi connectivity index (χ0n) is 14.4. The molecule has 1 heterocycles. The molecule has 2 unspecified atom stereocenters. The lowest BCUT2D eigenvalue weighted by Crippen LogP contribution is -2.33. The van der Waals surface area contributed by atoms with Crippen LogP contribution in [0.15, 0.2) is 60.7 Å². The molecule has 0 spiro atoms. The molecule has 126 valence electrons. The number of carbonyl (C=O) groups is 1. The summed E-state index contributed by atoms with van der Waals surface area (Å²) in [6.45, 7) is 5.60. The number of ether oxygens (including phenoxy) is 1. The Balaban J connectivity index is 1.86. The molecule has 2 atom stereocenters. The van der Waals surface area contributed by atoms with Crippen molar-refractivity contribution in [3.8, 4) is 0 Å². The highest BCUT2D eigenvalue weighted by Gasteiger charge is 2.46. The predicted molar refractivity (Wildman–Crippen MR) is 95.5 cm³/mol. The van der Waals surface area contributed by atoms with E-state index in [9.17, 15) is 4.79 Å². The Morgan fingerprint density at radius 3 is 2.33 bits per heavy atom. The van der Waals surface area contributed by atoms with E-state index in [0.29, 0.717) is 19.0 Å². The van der Waals surface area contributed by atoms with Gasteiger partial charge in [0.15, 0.2) is 5.60 Å². The van der Waals surface area contributed by atoms with Crippen LogP contribution in [0.1, 0.15) is 37.8 Å². The lowest BCUT2D eigenvalue weighted by atomic mass is 9.84. The van der Waals surface area contributed by atoms with Crippen LogP contribution in [-0.4, -0.2) is 17.5 Å². The summed E-state index contributed by atoms with van der Waals surface area (Å²) < 4.78 is 5.98. The van der Waals surface area contributed by atoms with E-state index < -0.39 is 5.60 Å². The van der Waals surface area contributed by atoms with Crippen molar-refractivity contribution in [3.05, 3.63) is 71.8 Å². The molecule has 1 fully saturated rings. The first-order chi connectivity index (χ1) is 11.6. The average Bonchev–Trinajstić information content (AvgIpc) is 2.93. The Hall–Kier alpha value is -2.29. The van der Waals surface area contributed by atoms with Crippen molar-refractivity contribution in [2.24, 2.45) is 5.92 Å². The summed E-state index contributed by atoms with van der Waals surface area (Å²) in [5, 5.41) is 0. The van der Waals surface area contributed by atoms with E-state index in [-0.39, 0.29) is 6.09 Å². The van der Waals surface area contributed by atoms with Gasteiger partial charge >= 0.3 is 6.09 Å². The molecule has 3 heteroatoms. The summed E-state index contributed by atoms with van der Waals surface area (Å²) in [5.41, 5.74) is 1.68. The molecule has 3 rings (SSSR count). The number of benzene rings is 2. The monoisotopic (exact) mass is 323 g/mol. The lowest BCUT2D eigenvalue weighted by Gasteiger charge is -2.30. The van der Waals surface area contributed by atoms with Gasteiger partial charge in [-0.2, -0.15) is 0 Å². The zero-order chi connectivity index (χ0) is 17.0. The first kappa shape index (κ1) is 16.6. The molecule has 0 saturated carbocycles. The normalized spacial score (nSPS) is 21.6. The predicted octanol–water partition coefficient (Wildman–Crippen LogP) is 4.97. The van der Waals surface area contributed by atoms with Gasteiger partial charge in [-0.1, -0.05) is 80.9 Å². The summed E-state index contributed by atoms with van der Waals surface area (Å²) in [7, 11) is 0. The fourth-order valence-electron chi connectivity index (χ4n) is 3.38. The molecule has 0 aromatic heterocycles. The molecule has 1 saturated heterocycles. The molecule has 2 aromatic rings. The number of carbonyl (C=O) groups excluding carboxylic acids is 1. The van der Waals surface area contributed by atoms with E-state index in [2.05, 4.69) is 26.0 Å². The second kappa shape index (κ2) is 7.08. The van der Waals surface area contributed by atoms with E-state index in [1.807, 2.05) is 53.4 Å². The Bertz CT molecular complexity index is 671. The molecule has 0 bridgehead atoms. The molecule has 1 aliphatic heterocycles. The molecule has 1 amide bonds. The molecule has 1 aliphatic rings. The quantitative estimate of drug-likeness (QED) is 0.751. The van der Waals surface area contributed by atoms with Gasteiger partial charge in [0, 0.05) is 6.54 Å². The van der Waals surface area contributed by atoms with Crippen LogP contribution in [0.2, 0.25) is 0 Å². The topological polar surface area (TPSA) is 29.5 Å². The van der Waals surface area contributed by atoms with E-state index in [0.717, 1.165) is 24.0 Å². The third kappa shape index (κ3) is 3.45. The van der Waals surface area contributed by atoms with Gasteiger partial charge in [0.2, 0.25) is 0 Å². The SMILES string of the molecule is CCC(C)CC1(c2ccccc2)CN(Cc2ccccc2)C(=O)O1. The van der Waals surface area contributed by atoms with Gasteiger partial charge < -0.3 is 4.74 Å². The Morgan fingerprint density at radius 1 is 1.08 bits per heavy atom. The highest BCUT2D eigenvalue weighted by atomic mass is 16.6. The first-order valence-electron chi connectivity index (χ1n) is 8.70. The van der Waals surface area contributed by atoms with Crippen LogP contribution >= 0.6 is 0 Å². The van der Waals surface area contributed by atoms with Crippen molar-refractivity contribution in [3.63, 3.8) is 0 Å². The zero-order valence-corrected chi connectivity index (χ0v) is 14.4. The smallest absolute Gasteiger partial charge is 0.411 e. The van der Waals surface area contributed by atoms with Gasteiger partial charge in [-0.15, -0.1) is 0 Å². The second-order valence-corrected chi connectivity index (χ2v) is 6.79. The van der Waals surface area contributed by atoms with E-state index in [4.69, 9.17) is 4.74 Å².